The minimum atomic E-state index is 1.10. The summed E-state index contributed by atoms with van der Waals surface area (Å²) in [6.07, 6.45) is 0. The van der Waals surface area contributed by atoms with Gasteiger partial charge in [0.2, 0.25) is 0 Å². The maximum atomic E-state index is 3.33. The van der Waals surface area contributed by atoms with E-state index in [9.17, 15) is 0 Å². The molecule has 0 fully saturated rings. The molecule has 2 heteroatoms. The number of rotatable bonds is 3. The average Bonchev–Trinajstić information content (AvgIpc) is 2.53. The minimum Gasteiger partial charge on any atom is -0.388 e. The number of hydrogen-bond acceptors (Lipinski definition) is 2. The van der Waals surface area contributed by atoms with Crippen LogP contribution in [0.1, 0.15) is 27.7 Å². The van der Waals surface area contributed by atoms with E-state index in [1.807, 2.05) is 77.2 Å². The van der Waals surface area contributed by atoms with Gasteiger partial charge in [-0.25, -0.2) is 0 Å². The van der Waals surface area contributed by atoms with Crippen LogP contribution in [-0.2, 0) is 0 Å². The van der Waals surface area contributed by atoms with Crippen LogP contribution in [-0.4, -0.2) is 7.05 Å². The van der Waals surface area contributed by atoms with E-state index in [0.717, 1.165) is 17.1 Å². The summed E-state index contributed by atoms with van der Waals surface area (Å²) in [4.78, 5) is 0. The van der Waals surface area contributed by atoms with Gasteiger partial charge in [0, 0.05) is 24.1 Å². The van der Waals surface area contributed by atoms with Crippen LogP contribution in [0.4, 0.5) is 17.1 Å². The van der Waals surface area contributed by atoms with Gasteiger partial charge in [-0.2, -0.15) is 0 Å². The van der Waals surface area contributed by atoms with Gasteiger partial charge in [0.1, 0.15) is 0 Å². The molecule has 0 aliphatic heterocycles. The molecule has 0 amide bonds. The third-order valence-electron chi connectivity index (χ3n) is 2.24. The zero-order chi connectivity index (χ0) is 14.5. The molecule has 0 aliphatic rings. The second-order valence-electron chi connectivity index (χ2n) is 3.32. The van der Waals surface area contributed by atoms with Crippen LogP contribution in [0, 0.1) is 0 Å². The molecule has 2 nitrogen and oxygen atoms in total. The zero-order valence-corrected chi connectivity index (χ0v) is 12.7. The molecule has 104 valence electrons. The molecule has 0 heterocycles. The fourth-order valence-electron chi connectivity index (χ4n) is 1.41. The quantitative estimate of drug-likeness (QED) is 0.757. The first-order valence-electron chi connectivity index (χ1n) is 6.98. The molecule has 0 saturated carbocycles. The van der Waals surface area contributed by atoms with Crippen molar-refractivity contribution in [3.63, 3.8) is 0 Å². The van der Waals surface area contributed by atoms with Gasteiger partial charge in [0.05, 0.1) is 0 Å². The van der Waals surface area contributed by atoms with Crippen molar-refractivity contribution in [2.75, 3.05) is 17.7 Å². The Hall–Kier alpha value is -1.96. The molecule has 2 aromatic carbocycles. The summed E-state index contributed by atoms with van der Waals surface area (Å²) < 4.78 is 0. The summed E-state index contributed by atoms with van der Waals surface area (Å²) >= 11 is 0. The van der Waals surface area contributed by atoms with Crippen molar-refractivity contribution in [2.24, 2.45) is 0 Å². The van der Waals surface area contributed by atoms with E-state index < -0.39 is 0 Å². The highest BCUT2D eigenvalue weighted by molar-refractivity contribution is 5.62. The summed E-state index contributed by atoms with van der Waals surface area (Å²) in [6, 6.07) is 18.3. The van der Waals surface area contributed by atoms with E-state index in [2.05, 4.69) is 22.8 Å². The second kappa shape index (κ2) is 11.1. The predicted octanol–water partition coefficient (Wildman–Crippen LogP) is 5.52. The van der Waals surface area contributed by atoms with Gasteiger partial charge in [-0.1, -0.05) is 45.9 Å². The lowest BCUT2D eigenvalue weighted by atomic mass is 10.2. The van der Waals surface area contributed by atoms with Crippen LogP contribution in [0.25, 0.3) is 0 Å². The van der Waals surface area contributed by atoms with Crippen LogP contribution in [0.5, 0.6) is 0 Å². The average molecular weight is 258 g/mol. The number of nitrogens with one attached hydrogen (secondary N) is 2. The Morgan fingerprint density at radius 3 is 1.47 bits per heavy atom. The number of anilines is 3. The van der Waals surface area contributed by atoms with E-state index >= 15 is 0 Å². The Morgan fingerprint density at radius 2 is 1.00 bits per heavy atom. The second-order valence-corrected chi connectivity index (χ2v) is 3.32. The number of para-hydroxylation sites is 1. The molecule has 2 N–H and O–H groups in total. The van der Waals surface area contributed by atoms with Gasteiger partial charge in [0.15, 0.2) is 0 Å². The number of benzene rings is 2. The molecule has 0 saturated heterocycles. The lowest BCUT2D eigenvalue weighted by Gasteiger charge is -2.06. The van der Waals surface area contributed by atoms with Crippen molar-refractivity contribution in [1.82, 2.24) is 0 Å². The minimum absolute atomic E-state index is 1.10. The Balaban J connectivity index is 0.000000741. The lowest BCUT2D eigenvalue weighted by molar-refractivity contribution is 1.49. The third kappa shape index (κ3) is 6.51. The van der Waals surface area contributed by atoms with Crippen LogP contribution in [0.15, 0.2) is 54.6 Å². The lowest BCUT2D eigenvalue weighted by Crippen LogP contribution is -1.91. The van der Waals surface area contributed by atoms with E-state index in [4.69, 9.17) is 0 Å². The SMILES string of the molecule is CC.CC.CNc1ccc(Nc2ccccc2)cc1. The van der Waals surface area contributed by atoms with Crippen molar-refractivity contribution in [3.8, 4) is 0 Å². The molecule has 0 radical (unpaired) electrons. The van der Waals surface area contributed by atoms with E-state index in [0.29, 0.717) is 0 Å². The Bertz CT molecular complexity index is 407. The van der Waals surface area contributed by atoms with E-state index in [1.165, 1.54) is 0 Å². The van der Waals surface area contributed by atoms with Crippen LogP contribution < -0.4 is 10.6 Å². The topological polar surface area (TPSA) is 24.1 Å². The van der Waals surface area contributed by atoms with Gasteiger partial charge in [-0.05, 0) is 36.4 Å². The standard InChI is InChI=1S/C13H14N2.2C2H6/c1-14-11-7-9-13(10-8-11)15-12-5-3-2-4-6-12;2*1-2/h2-10,14-15H,1H3;2*1-2H3. The molecular formula is C17H26N2. The molecule has 0 atom stereocenters. The van der Waals surface area contributed by atoms with Crippen molar-refractivity contribution in [1.29, 1.82) is 0 Å². The first-order chi connectivity index (χ1) is 9.38. The molecule has 0 aliphatic carbocycles. The van der Waals surface area contributed by atoms with Crippen molar-refractivity contribution in [2.45, 2.75) is 27.7 Å². The van der Waals surface area contributed by atoms with Crippen molar-refractivity contribution in [3.05, 3.63) is 54.6 Å². The van der Waals surface area contributed by atoms with Gasteiger partial charge < -0.3 is 10.6 Å². The maximum Gasteiger partial charge on any atom is 0.0385 e. The van der Waals surface area contributed by atoms with E-state index in [-0.39, 0.29) is 0 Å². The Morgan fingerprint density at radius 1 is 0.579 bits per heavy atom. The summed E-state index contributed by atoms with van der Waals surface area (Å²) in [5, 5.41) is 6.42. The molecule has 0 unspecified atom stereocenters. The first-order valence-corrected chi connectivity index (χ1v) is 6.98. The van der Waals surface area contributed by atoms with Gasteiger partial charge in [-0.3, -0.25) is 0 Å². The Labute approximate surface area is 117 Å². The molecule has 19 heavy (non-hydrogen) atoms. The van der Waals surface area contributed by atoms with Crippen LogP contribution >= 0.6 is 0 Å². The highest BCUT2D eigenvalue weighted by Crippen LogP contribution is 2.17. The molecule has 2 rings (SSSR count). The van der Waals surface area contributed by atoms with Gasteiger partial charge in [-0.15, -0.1) is 0 Å². The zero-order valence-electron chi connectivity index (χ0n) is 12.7. The first kappa shape index (κ1) is 17.0. The maximum absolute atomic E-state index is 3.33. The predicted molar refractivity (Wildman–Crippen MR) is 88.4 cm³/mol. The summed E-state index contributed by atoms with van der Waals surface area (Å²) in [5.41, 5.74) is 3.32. The highest BCUT2D eigenvalue weighted by atomic mass is 14.9. The van der Waals surface area contributed by atoms with Crippen LogP contribution in [0.3, 0.4) is 0 Å². The van der Waals surface area contributed by atoms with Gasteiger partial charge in [0.25, 0.3) is 0 Å². The molecule has 0 spiro atoms. The summed E-state index contributed by atoms with van der Waals surface area (Å²) in [7, 11) is 1.92. The van der Waals surface area contributed by atoms with Crippen molar-refractivity contribution >= 4 is 17.1 Å². The van der Waals surface area contributed by atoms with Crippen LogP contribution in [0.2, 0.25) is 0 Å². The van der Waals surface area contributed by atoms with Crippen molar-refractivity contribution < 1.29 is 0 Å². The largest absolute Gasteiger partial charge is 0.388 e. The third-order valence-corrected chi connectivity index (χ3v) is 2.24. The molecule has 0 bridgehead atoms. The molecule has 0 aromatic heterocycles. The monoisotopic (exact) mass is 258 g/mol. The number of hydrogen-bond donors (Lipinski definition) is 2. The van der Waals surface area contributed by atoms with E-state index in [1.54, 1.807) is 0 Å². The Kier molecular flexibility index (Phi) is 10.00. The molecular weight excluding hydrogens is 232 g/mol. The summed E-state index contributed by atoms with van der Waals surface area (Å²) in [5.74, 6) is 0. The molecule has 2 aromatic rings. The highest BCUT2D eigenvalue weighted by Gasteiger charge is 1.93. The van der Waals surface area contributed by atoms with Gasteiger partial charge >= 0.3 is 0 Å². The normalized spacial score (nSPS) is 8.26. The summed E-state index contributed by atoms with van der Waals surface area (Å²) in [6.45, 7) is 8.00. The fourth-order valence-corrected chi connectivity index (χ4v) is 1.41. The smallest absolute Gasteiger partial charge is 0.0385 e. The fraction of sp³-hybridized carbons (Fsp3) is 0.294.